The van der Waals surface area contributed by atoms with Crippen molar-refractivity contribution in [3.63, 3.8) is 0 Å². The fraction of sp³-hybridized carbons (Fsp3) is 0.402. The standard InChI is InChI=1S/C23H32N2O2S.C22H30N2O2S.C19H23BrN2O3S.C19H24N2O3S.C18H22N2O3S.CO2/c1-4-5-6-7-8-11-16-24-23-19-12-9-10-13-21(19)25(3)28(26,27)22-17-18(2)14-15-20(22)23;1-4-5-6-7-10-15-23-22-18-11-8-9-12-20(18)24(3)27(25,26)21-16-17(2)13-14-19(21)22;1-13-5-7-15-18(11-13)26(23,24)22(2)17-8-6-14(20)12-16(17)19(15)21-9-4-10-25-3;1-14-9-10-16-18(13-14)25(23,24)21(2)17-8-4-3-7-15(17)19(16)20-11-5-6-12-22;1-20-16-10-5-3-8-14(16)18(19-12-7-13-23-2)15-9-4-6-11-17(15)24(20,21)22;2-1-3/h9-10,12-15,17,23-24H,4-8,11,16H2,1-3H3;8-9,11-14,16,22-23H,4-7,10,15H2,1-3H3;5-8,11-12,19,21H,4,9-10H2,1-3H3;3-4,7-10,13,19-20,22H,5-6,11-12H2,1-2H3;3-6,8-11,18-19H,7,12-13H2,1-2H3;. The average Bonchev–Trinajstić information content (AvgIpc) is 1.64. The normalized spacial score (nSPS) is 17.8. The molecule has 716 valence electrons. The van der Waals surface area contributed by atoms with Crippen molar-refractivity contribution in [2.24, 2.45) is 0 Å². The molecule has 0 radical (unpaired) electrons. The van der Waals surface area contributed by atoms with Crippen molar-refractivity contribution < 1.29 is 66.3 Å². The summed E-state index contributed by atoms with van der Waals surface area (Å²) >= 11 is 3.52. The molecule has 31 heteroatoms. The zero-order chi connectivity index (χ0) is 96.4. The lowest BCUT2D eigenvalue weighted by molar-refractivity contribution is -0.191. The number of methoxy groups -OCH3 is 2. The van der Waals surface area contributed by atoms with Crippen LogP contribution in [-0.4, -0.2) is 155 Å². The lowest BCUT2D eigenvalue weighted by atomic mass is 9.96. The highest BCUT2D eigenvalue weighted by atomic mass is 79.9. The van der Waals surface area contributed by atoms with Gasteiger partial charge in [0.15, 0.2) is 0 Å². The monoisotopic (exact) mass is 1970 g/mol. The first-order valence-corrected chi connectivity index (χ1v) is 53.6. The quantitative estimate of drug-likeness (QED) is 0.0228. The fourth-order valence-electron chi connectivity index (χ4n) is 17.3. The van der Waals surface area contributed by atoms with Crippen molar-refractivity contribution in [1.29, 1.82) is 0 Å². The van der Waals surface area contributed by atoms with Gasteiger partial charge in [0.2, 0.25) is 0 Å². The summed E-state index contributed by atoms with van der Waals surface area (Å²) in [5.41, 5.74) is 16.2. The van der Waals surface area contributed by atoms with Crippen LogP contribution in [0.4, 0.5) is 28.4 Å². The third-order valence-corrected chi connectivity index (χ3v) is 34.2. The maximum atomic E-state index is 13.3. The zero-order valence-corrected chi connectivity index (χ0v) is 84.3. The minimum atomic E-state index is -3.62. The highest BCUT2D eigenvalue weighted by molar-refractivity contribution is 9.10. The van der Waals surface area contributed by atoms with Gasteiger partial charge in [-0.15, -0.1) is 0 Å². The van der Waals surface area contributed by atoms with Crippen LogP contribution in [0, 0.1) is 27.7 Å². The van der Waals surface area contributed by atoms with Crippen LogP contribution in [0.5, 0.6) is 0 Å². The number of nitrogens with one attached hydrogen (secondary N) is 5. The smallest absolute Gasteiger partial charge is 0.373 e. The number of benzene rings is 10. The Morgan fingerprint density at radius 3 is 0.842 bits per heavy atom. The van der Waals surface area contributed by atoms with E-state index >= 15 is 0 Å². The Bertz CT molecular complexity index is 6230. The van der Waals surface area contributed by atoms with E-state index in [1.165, 1.54) is 79.3 Å². The van der Waals surface area contributed by atoms with Crippen molar-refractivity contribution in [1.82, 2.24) is 26.6 Å². The van der Waals surface area contributed by atoms with Gasteiger partial charge >= 0.3 is 6.15 Å². The Kier molecular flexibility index (Phi) is 39.1. The second-order valence-electron chi connectivity index (χ2n) is 33.8. The van der Waals surface area contributed by atoms with E-state index in [4.69, 9.17) is 24.2 Å². The van der Waals surface area contributed by atoms with Gasteiger partial charge in [-0.3, -0.25) is 21.5 Å². The van der Waals surface area contributed by atoms with E-state index in [-0.39, 0.29) is 43.0 Å². The van der Waals surface area contributed by atoms with E-state index in [9.17, 15) is 42.1 Å². The van der Waals surface area contributed by atoms with Crippen LogP contribution in [0.25, 0.3) is 0 Å². The third-order valence-electron chi connectivity index (χ3n) is 24.5. The number of para-hydroxylation sites is 4. The number of carbonyl (C=O) groups excluding carboxylic acids is 2. The number of anilines is 5. The molecule has 5 atom stereocenters. The number of ether oxygens (including phenoxy) is 2. The molecule has 0 saturated carbocycles. The number of fused-ring (bicyclic) bond motifs is 10. The van der Waals surface area contributed by atoms with Crippen LogP contribution in [0.15, 0.2) is 241 Å². The average molecular weight is 1980 g/mol. The largest absolute Gasteiger partial charge is 0.396 e. The summed E-state index contributed by atoms with van der Waals surface area (Å²) in [5, 5.41) is 26.8. The van der Waals surface area contributed by atoms with E-state index in [0.717, 1.165) is 158 Å². The van der Waals surface area contributed by atoms with Crippen LogP contribution in [-0.2, 0) is 69.2 Å². The topological polar surface area (TPSA) is 320 Å². The molecule has 6 N–H and O–H groups in total. The molecular weight excluding hydrogens is 1850 g/mol. The summed E-state index contributed by atoms with van der Waals surface area (Å²) in [6, 6.07) is 65.7. The van der Waals surface area contributed by atoms with Gasteiger partial charge in [-0.2, -0.15) is 9.59 Å². The lowest BCUT2D eigenvalue weighted by Crippen LogP contribution is -2.26. The van der Waals surface area contributed by atoms with E-state index in [0.29, 0.717) is 61.3 Å². The SMILES string of the molecule is CCCCCCCCNC1c2ccccc2N(C)S(=O)(=O)c2cc(C)ccc21.CCCCCCCNC1c2ccccc2N(C)S(=O)(=O)c2cc(C)ccc21.COCCCNC1c2cc(Br)ccc2N(C)S(=O)(=O)c2cc(C)ccc21.COCCCNC1c2ccccc2N(C)S(=O)(=O)c2ccccc21.Cc1ccc2c(c1)S(=O)(=O)N(C)c1ccccc1C2NCCCCO.O=C=O. The predicted octanol–water partition coefficient (Wildman–Crippen LogP) is 18.1. The summed E-state index contributed by atoms with van der Waals surface area (Å²) in [7, 11) is -6.47. The van der Waals surface area contributed by atoms with E-state index in [1.807, 2.05) is 204 Å². The number of nitrogens with zero attached hydrogens (tertiary/aromatic N) is 5. The minimum Gasteiger partial charge on any atom is -0.396 e. The molecule has 0 fully saturated rings. The van der Waals surface area contributed by atoms with Crippen molar-refractivity contribution >= 4 is 101 Å². The third kappa shape index (κ3) is 25.2. The highest BCUT2D eigenvalue weighted by Crippen LogP contribution is 2.47. The molecule has 0 aromatic heterocycles. The number of aryl methyl sites for hydroxylation is 4. The lowest BCUT2D eigenvalue weighted by Gasteiger charge is -2.22. The van der Waals surface area contributed by atoms with Gasteiger partial charge in [-0.05, 0) is 250 Å². The van der Waals surface area contributed by atoms with Crippen LogP contribution in [0.1, 0.15) is 218 Å². The number of halogens is 1. The molecular formula is C102H131BrN10O15S5. The first kappa shape index (κ1) is 106. The van der Waals surface area contributed by atoms with E-state index < -0.39 is 50.1 Å². The second-order valence-corrected chi connectivity index (χ2v) is 44.4. The van der Waals surface area contributed by atoms with Gasteiger partial charge in [0.05, 0.1) is 83.1 Å². The molecule has 133 heavy (non-hydrogen) atoms. The summed E-state index contributed by atoms with van der Waals surface area (Å²) < 4.78 is 150. The molecule has 0 amide bonds. The van der Waals surface area contributed by atoms with Gasteiger partial charge in [0.1, 0.15) is 0 Å². The zero-order valence-electron chi connectivity index (χ0n) is 78.7. The van der Waals surface area contributed by atoms with Crippen molar-refractivity contribution in [2.75, 3.05) is 124 Å². The summed E-state index contributed by atoms with van der Waals surface area (Å²) in [6.45, 7) is 17.5. The molecule has 5 aliphatic heterocycles. The van der Waals surface area contributed by atoms with Crippen LogP contribution < -0.4 is 48.1 Å². The summed E-state index contributed by atoms with van der Waals surface area (Å²) in [4.78, 5) is 18.1. The summed E-state index contributed by atoms with van der Waals surface area (Å²) in [5.74, 6) is 0. The Morgan fingerprint density at radius 1 is 0.301 bits per heavy atom. The van der Waals surface area contributed by atoms with Gasteiger partial charge < -0.3 is 41.2 Å². The number of unbranched alkanes of at least 4 members (excludes halogenated alkanes) is 10. The molecule has 0 bridgehead atoms. The number of hydrogen-bond donors (Lipinski definition) is 6. The van der Waals surface area contributed by atoms with Crippen LogP contribution >= 0.6 is 15.9 Å². The Balaban J connectivity index is 0.000000171. The van der Waals surface area contributed by atoms with E-state index in [1.54, 1.807) is 85.9 Å². The molecule has 10 aromatic rings. The first-order chi connectivity index (χ1) is 63.7. The molecule has 5 unspecified atom stereocenters. The second kappa shape index (κ2) is 49.3. The van der Waals surface area contributed by atoms with Crippen molar-refractivity contribution in [3.05, 3.63) is 295 Å². The molecule has 10 aromatic carbocycles. The first-order valence-electron chi connectivity index (χ1n) is 45.6. The number of aliphatic hydroxyl groups is 1. The van der Waals surface area contributed by atoms with Crippen LogP contribution in [0.2, 0.25) is 0 Å². The summed E-state index contributed by atoms with van der Waals surface area (Å²) in [6.07, 6.45) is 17.0. The van der Waals surface area contributed by atoms with Gasteiger partial charge in [-0.25, -0.2) is 42.1 Å². The Hall–Kier alpha value is -9.51. The molecule has 0 saturated heterocycles. The molecule has 0 aliphatic carbocycles. The molecule has 15 rings (SSSR count). The van der Waals surface area contributed by atoms with Crippen molar-refractivity contribution in [2.45, 2.75) is 193 Å². The van der Waals surface area contributed by atoms with Gasteiger partial charge in [0.25, 0.3) is 50.1 Å². The molecule has 5 aliphatic rings. The fourth-order valence-corrected chi connectivity index (χ4v) is 25.3. The highest BCUT2D eigenvalue weighted by Gasteiger charge is 2.41. The number of aliphatic hydroxyl groups excluding tert-OH is 1. The molecule has 5 heterocycles. The Morgan fingerprint density at radius 2 is 0.541 bits per heavy atom. The maximum Gasteiger partial charge on any atom is 0.373 e. The van der Waals surface area contributed by atoms with E-state index in [2.05, 4.69) is 56.4 Å². The number of rotatable bonds is 30. The maximum absolute atomic E-state index is 13.3. The molecule has 0 spiro atoms. The Labute approximate surface area is 798 Å². The minimum absolute atomic E-state index is 0.122. The predicted molar refractivity (Wildman–Crippen MR) is 535 cm³/mol. The van der Waals surface area contributed by atoms with Gasteiger partial charge in [0, 0.05) is 73.8 Å². The van der Waals surface area contributed by atoms with Crippen molar-refractivity contribution in [3.8, 4) is 0 Å². The van der Waals surface area contributed by atoms with Gasteiger partial charge in [-0.1, -0.05) is 227 Å². The van der Waals surface area contributed by atoms with Crippen LogP contribution in [0.3, 0.4) is 0 Å². The number of sulfonamides is 5. The number of hydrogen-bond acceptors (Lipinski definition) is 20. The molecule has 25 nitrogen and oxygen atoms in total.